The lowest BCUT2D eigenvalue weighted by molar-refractivity contribution is -0.146. The molecule has 0 aromatic heterocycles. The topological polar surface area (TPSA) is 75.6 Å². The minimum absolute atomic E-state index is 0.0566. The predicted molar refractivity (Wildman–Crippen MR) is 35.0 cm³/mol. The number of aliphatic carboxylic acids is 1. The molecule has 1 aliphatic rings. The average Bonchev–Trinajstić information content (AvgIpc) is 2.38. The predicted octanol–water partition coefficient (Wildman–Crippen LogP) is -1.02. The second-order valence-electron chi connectivity index (χ2n) is 2.45. The van der Waals surface area contributed by atoms with Crippen molar-refractivity contribution < 1.29 is 19.4 Å². The molecule has 1 aliphatic heterocycles. The summed E-state index contributed by atoms with van der Waals surface area (Å²) in [6.07, 6.45) is 0.726. The fraction of sp³-hybridized carbons (Fsp3) is 0.667. The first kappa shape index (κ1) is 8.00. The highest BCUT2D eigenvalue weighted by atomic mass is 16.5. The van der Waals surface area contributed by atoms with Gasteiger partial charge in [0.1, 0.15) is 0 Å². The van der Waals surface area contributed by atoms with Gasteiger partial charge in [0, 0.05) is 13.0 Å². The Morgan fingerprint density at radius 1 is 1.73 bits per heavy atom. The number of carbonyl (C=O) groups excluding carboxylic acids is 1. The molecule has 0 spiro atoms. The number of carboxylic acid groups (broad SMARTS) is 1. The highest BCUT2D eigenvalue weighted by Crippen LogP contribution is 2.17. The number of carboxylic acids is 1. The molecule has 0 aromatic carbocycles. The van der Waals surface area contributed by atoms with Crippen molar-refractivity contribution in [2.45, 2.75) is 12.0 Å². The third-order valence-electron chi connectivity index (χ3n) is 1.77. The molecular formula is C6H9NO4. The van der Waals surface area contributed by atoms with Crippen molar-refractivity contribution in [3.8, 4) is 0 Å². The number of nitrogens with one attached hydrogen (secondary N) is 1. The van der Waals surface area contributed by atoms with Gasteiger partial charge in [-0.2, -0.15) is 0 Å². The molecule has 11 heavy (non-hydrogen) atoms. The Labute approximate surface area is 63.3 Å². The maximum atomic E-state index is 10.6. The first-order chi connectivity index (χ1) is 5.21. The second kappa shape index (κ2) is 2.87. The van der Waals surface area contributed by atoms with E-state index in [1.807, 2.05) is 0 Å². The van der Waals surface area contributed by atoms with Crippen molar-refractivity contribution in [3.05, 3.63) is 0 Å². The van der Waals surface area contributed by atoms with Crippen molar-refractivity contribution in [1.29, 1.82) is 0 Å². The number of amides is 1. The normalized spacial score (nSPS) is 29.8. The van der Waals surface area contributed by atoms with Crippen LogP contribution in [-0.2, 0) is 14.3 Å². The fourth-order valence-electron chi connectivity index (χ4n) is 1.02. The van der Waals surface area contributed by atoms with Crippen LogP contribution in [0, 0.1) is 0 Å². The standard InChI is InChI=1S/C6H9NO4/c8-4-7-6(5(9)10)1-2-11-3-6/h4H,1-3H2,(H,7,8)(H,9,10)/t6-/m0/s1. The third kappa shape index (κ3) is 1.32. The van der Waals surface area contributed by atoms with Crippen LogP contribution in [-0.4, -0.2) is 36.2 Å². The highest BCUT2D eigenvalue weighted by Gasteiger charge is 2.42. The summed E-state index contributed by atoms with van der Waals surface area (Å²) >= 11 is 0. The zero-order chi connectivity index (χ0) is 8.32. The minimum atomic E-state index is -1.18. The van der Waals surface area contributed by atoms with Crippen molar-refractivity contribution in [1.82, 2.24) is 5.32 Å². The molecule has 1 amide bonds. The van der Waals surface area contributed by atoms with Crippen molar-refractivity contribution >= 4 is 12.4 Å². The van der Waals surface area contributed by atoms with Crippen LogP contribution in [0.4, 0.5) is 0 Å². The van der Waals surface area contributed by atoms with Crippen LogP contribution in [0.15, 0.2) is 0 Å². The Balaban J connectivity index is 2.69. The Morgan fingerprint density at radius 2 is 2.45 bits per heavy atom. The summed E-state index contributed by atoms with van der Waals surface area (Å²) in [6, 6.07) is 0. The Hall–Kier alpha value is -1.10. The molecule has 2 N–H and O–H groups in total. The Bertz CT molecular complexity index is 173. The molecular weight excluding hydrogens is 150 g/mol. The smallest absolute Gasteiger partial charge is 0.331 e. The molecule has 0 bridgehead atoms. The van der Waals surface area contributed by atoms with E-state index in [2.05, 4.69) is 5.32 Å². The largest absolute Gasteiger partial charge is 0.479 e. The van der Waals surface area contributed by atoms with Gasteiger partial charge in [-0.05, 0) is 0 Å². The lowest BCUT2D eigenvalue weighted by atomic mass is 10.00. The SMILES string of the molecule is O=CN[C@@]1(C(=O)O)CCOC1. The summed E-state index contributed by atoms with van der Waals surface area (Å²) < 4.78 is 4.87. The summed E-state index contributed by atoms with van der Waals surface area (Å²) in [5, 5.41) is 10.9. The molecule has 0 saturated carbocycles. The molecule has 0 unspecified atom stereocenters. The van der Waals surface area contributed by atoms with Gasteiger partial charge in [0.25, 0.3) is 0 Å². The minimum Gasteiger partial charge on any atom is -0.479 e. The number of hydrogen-bond donors (Lipinski definition) is 2. The Morgan fingerprint density at radius 3 is 2.82 bits per heavy atom. The van der Waals surface area contributed by atoms with E-state index >= 15 is 0 Å². The molecule has 0 radical (unpaired) electrons. The first-order valence-electron chi connectivity index (χ1n) is 3.24. The van der Waals surface area contributed by atoms with Gasteiger partial charge < -0.3 is 15.2 Å². The van der Waals surface area contributed by atoms with Crippen LogP contribution in [0.25, 0.3) is 0 Å². The molecule has 1 rings (SSSR count). The zero-order valence-electron chi connectivity index (χ0n) is 5.87. The second-order valence-corrected chi connectivity index (χ2v) is 2.45. The molecule has 0 aliphatic carbocycles. The monoisotopic (exact) mass is 159 g/mol. The van der Waals surface area contributed by atoms with Gasteiger partial charge >= 0.3 is 5.97 Å². The van der Waals surface area contributed by atoms with E-state index in [1.54, 1.807) is 0 Å². The maximum Gasteiger partial charge on any atom is 0.331 e. The van der Waals surface area contributed by atoms with Gasteiger partial charge in [-0.3, -0.25) is 4.79 Å². The molecule has 1 atom stereocenters. The summed E-state index contributed by atoms with van der Waals surface area (Å²) in [6.45, 7) is 0.439. The third-order valence-corrected chi connectivity index (χ3v) is 1.77. The number of hydrogen-bond acceptors (Lipinski definition) is 3. The van der Waals surface area contributed by atoms with Crippen LogP contribution in [0.1, 0.15) is 6.42 Å². The molecule has 0 aromatic rings. The van der Waals surface area contributed by atoms with E-state index in [4.69, 9.17) is 9.84 Å². The van der Waals surface area contributed by atoms with Crippen LogP contribution >= 0.6 is 0 Å². The molecule has 1 heterocycles. The van der Waals surface area contributed by atoms with Crippen molar-refractivity contribution in [3.63, 3.8) is 0 Å². The van der Waals surface area contributed by atoms with Crippen LogP contribution in [0.3, 0.4) is 0 Å². The van der Waals surface area contributed by atoms with Gasteiger partial charge in [-0.1, -0.05) is 0 Å². The number of rotatable bonds is 3. The Kier molecular flexibility index (Phi) is 2.09. The van der Waals surface area contributed by atoms with Crippen molar-refractivity contribution in [2.75, 3.05) is 13.2 Å². The summed E-state index contributed by atoms with van der Waals surface area (Å²) in [5.74, 6) is -1.04. The first-order valence-corrected chi connectivity index (χ1v) is 3.24. The van der Waals surface area contributed by atoms with Crippen LogP contribution in [0.5, 0.6) is 0 Å². The molecule has 62 valence electrons. The molecule has 5 nitrogen and oxygen atoms in total. The molecule has 1 fully saturated rings. The summed E-state index contributed by atoms with van der Waals surface area (Å²) in [5.41, 5.74) is -1.18. The maximum absolute atomic E-state index is 10.6. The van der Waals surface area contributed by atoms with E-state index in [9.17, 15) is 9.59 Å². The fourth-order valence-corrected chi connectivity index (χ4v) is 1.02. The quantitative estimate of drug-likeness (QED) is 0.516. The van der Waals surface area contributed by atoms with Crippen LogP contribution < -0.4 is 5.32 Å². The van der Waals surface area contributed by atoms with Gasteiger partial charge in [0.05, 0.1) is 6.61 Å². The van der Waals surface area contributed by atoms with Crippen LogP contribution in [0.2, 0.25) is 0 Å². The van der Waals surface area contributed by atoms with E-state index in [0.29, 0.717) is 19.4 Å². The summed E-state index contributed by atoms with van der Waals surface area (Å²) in [4.78, 5) is 20.7. The van der Waals surface area contributed by atoms with E-state index < -0.39 is 11.5 Å². The van der Waals surface area contributed by atoms with E-state index in [1.165, 1.54) is 0 Å². The summed E-state index contributed by atoms with van der Waals surface area (Å²) in [7, 11) is 0. The number of carbonyl (C=O) groups is 2. The van der Waals surface area contributed by atoms with Gasteiger partial charge in [0.2, 0.25) is 6.41 Å². The highest BCUT2D eigenvalue weighted by molar-refractivity contribution is 5.82. The van der Waals surface area contributed by atoms with Crippen molar-refractivity contribution in [2.24, 2.45) is 0 Å². The van der Waals surface area contributed by atoms with Gasteiger partial charge in [0.15, 0.2) is 5.54 Å². The lowest BCUT2D eigenvalue weighted by Gasteiger charge is -2.20. The average molecular weight is 159 g/mol. The lowest BCUT2D eigenvalue weighted by Crippen LogP contribution is -2.52. The van der Waals surface area contributed by atoms with E-state index in [0.717, 1.165) is 0 Å². The molecule has 5 heteroatoms. The van der Waals surface area contributed by atoms with Gasteiger partial charge in [-0.25, -0.2) is 4.79 Å². The molecule has 1 saturated heterocycles. The number of ether oxygens (including phenoxy) is 1. The van der Waals surface area contributed by atoms with E-state index in [-0.39, 0.29) is 6.61 Å². The van der Waals surface area contributed by atoms with Gasteiger partial charge in [-0.15, -0.1) is 0 Å². The zero-order valence-corrected chi connectivity index (χ0v) is 5.87.